The van der Waals surface area contributed by atoms with Crippen LogP contribution in [0, 0.1) is 11.8 Å². The Balaban J connectivity index is 1.93. The van der Waals surface area contributed by atoms with Crippen molar-refractivity contribution in [3.63, 3.8) is 0 Å². The molecule has 4 nitrogen and oxygen atoms in total. The number of ketones is 1. The lowest BCUT2D eigenvalue weighted by Gasteiger charge is -2.34. The minimum absolute atomic E-state index is 0.0577. The largest absolute Gasteiger partial charge is 0.368 e. The van der Waals surface area contributed by atoms with E-state index in [4.69, 9.17) is 5.73 Å². The highest BCUT2D eigenvalue weighted by molar-refractivity contribution is 5.98. The first-order chi connectivity index (χ1) is 10.9. The van der Waals surface area contributed by atoms with Gasteiger partial charge in [0.25, 0.3) is 0 Å². The maximum absolute atomic E-state index is 12.6. The Morgan fingerprint density at radius 3 is 2.17 bits per heavy atom. The van der Waals surface area contributed by atoms with Crippen LogP contribution in [0.1, 0.15) is 49.5 Å². The van der Waals surface area contributed by atoms with E-state index in [1.807, 2.05) is 19.1 Å². The van der Waals surface area contributed by atoms with Gasteiger partial charge in [-0.1, -0.05) is 38.1 Å². The summed E-state index contributed by atoms with van der Waals surface area (Å²) in [4.78, 5) is 26.0. The monoisotopic (exact) mass is 316 g/mol. The zero-order valence-electron chi connectivity index (χ0n) is 14.4. The molecule has 1 aromatic rings. The number of hydrogen-bond acceptors (Lipinski definition) is 3. The number of amides is 1. The first kappa shape index (κ1) is 17.7. The molecule has 1 heterocycles. The van der Waals surface area contributed by atoms with Crippen LogP contribution in [-0.2, 0) is 11.2 Å². The molecule has 0 aliphatic carbocycles. The summed E-state index contributed by atoms with van der Waals surface area (Å²) >= 11 is 0. The first-order valence-electron chi connectivity index (χ1n) is 8.55. The summed E-state index contributed by atoms with van der Waals surface area (Å²) in [5.41, 5.74) is 7.44. The maximum Gasteiger partial charge on any atom is 0.234 e. The van der Waals surface area contributed by atoms with Crippen molar-refractivity contribution >= 4 is 11.7 Å². The average molecular weight is 316 g/mol. The van der Waals surface area contributed by atoms with Gasteiger partial charge in [-0.15, -0.1) is 0 Å². The molecule has 1 aliphatic rings. The van der Waals surface area contributed by atoms with E-state index in [0.29, 0.717) is 5.92 Å². The molecule has 1 saturated heterocycles. The van der Waals surface area contributed by atoms with Crippen LogP contribution in [0.3, 0.4) is 0 Å². The summed E-state index contributed by atoms with van der Waals surface area (Å²) in [6.07, 6.45) is 2.63. The van der Waals surface area contributed by atoms with E-state index in [-0.39, 0.29) is 23.7 Å². The Hall–Kier alpha value is -1.68. The SMILES string of the molecule is CC(C)Cc1ccc(C(=O)C2CCN(C(C)C(N)=O)CC2)cc1. The van der Waals surface area contributed by atoms with Gasteiger partial charge in [0, 0.05) is 11.5 Å². The number of primary amides is 1. The normalized spacial score (nSPS) is 18.1. The van der Waals surface area contributed by atoms with Gasteiger partial charge in [0.05, 0.1) is 6.04 Å². The molecule has 1 unspecified atom stereocenters. The molecular weight excluding hydrogens is 288 g/mol. The number of rotatable bonds is 6. The predicted octanol–water partition coefficient (Wildman–Crippen LogP) is 2.65. The van der Waals surface area contributed by atoms with Gasteiger partial charge in [-0.25, -0.2) is 0 Å². The fourth-order valence-corrected chi connectivity index (χ4v) is 3.24. The molecule has 1 fully saturated rings. The van der Waals surface area contributed by atoms with E-state index in [1.54, 1.807) is 0 Å². The summed E-state index contributed by atoms with van der Waals surface area (Å²) < 4.78 is 0. The van der Waals surface area contributed by atoms with Gasteiger partial charge in [0.15, 0.2) is 5.78 Å². The third kappa shape index (κ3) is 4.64. The number of nitrogens with two attached hydrogens (primary N) is 1. The van der Waals surface area contributed by atoms with Crippen molar-refractivity contribution in [3.05, 3.63) is 35.4 Å². The van der Waals surface area contributed by atoms with Crippen LogP contribution in [0.4, 0.5) is 0 Å². The van der Waals surface area contributed by atoms with Gasteiger partial charge in [-0.2, -0.15) is 0 Å². The van der Waals surface area contributed by atoms with Crippen molar-refractivity contribution < 1.29 is 9.59 Å². The molecule has 2 rings (SSSR count). The van der Waals surface area contributed by atoms with E-state index in [9.17, 15) is 9.59 Å². The van der Waals surface area contributed by atoms with Crippen LogP contribution >= 0.6 is 0 Å². The molecule has 126 valence electrons. The smallest absolute Gasteiger partial charge is 0.234 e. The Bertz CT molecular complexity index is 543. The number of piperidine rings is 1. The number of carbonyl (C=O) groups excluding carboxylic acids is 2. The molecule has 1 amide bonds. The van der Waals surface area contributed by atoms with Crippen molar-refractivity contribution in [1.29, 1.82) is 0 Å². The molecule has 0 aromatic heterocycles. The van der Waals surface area contributed by atoms with E-state index in [2.05, 4.69) is 30.9 Å². The lowest BCUT2D eigenvalue weighted by atomic mass is 9.88. The highest BCUT2D eigenvalue weighted by Gasteiger charge is 2.29. The van der Waals surface area contributed by atoms with Crippen LogP contribution in [-0.4, -0.2) is 35.7 Å². The number of carbonyl (C=O) groups is 2. The van der Waals surface area contributed by atoms with Crippen LogP contribution in [0.25, 0.3) is 0 Å². The van der Waals surface area contributed by atoms with Crippen LogP contribution < -0.4 is 5.73 Å². The summed E-state index contributed by atoms with van der Waals surface area (Å²) in [6.45, 7) is 7.73. The van der Waals surface area contributed by atoms with Crippen molar-refractivity contribution in [2.24, 2.45) is 17.6 Å². The Kier molecular flexibility index (Phi) is 5.94. The van der Waals surface area contributed by atoms with Gasteiger partial charge < -0.3 is 5.73 Å². The van der Waals surface area contributed by atoms with Gasteiger partial charge >= 0.3 is 0 Å². The molecule has 0 saturated carbocycles. The van der Waals surface area contributed by atoms with E-state index < -0.39 is 0 Å². The molecule has 0 bridgehead atoms. The van der Waals surface area contributed by atoms with Crippen molar-refractivity contribution in [2.75, 3.05) is 13.1 Å². The molecule has 0 radical (unpaired) electrons. The van der Waals surface area contributed by atoms with Crippen LogP contribution in [0.15, 0.2) is 24.3 Å². The summed E-state index contributed by atoms with van der Waals surface area (Å²) in [5.74, 6) is 0.610. The second-order valence-corrected chi connectivity index (χ2v) is 7.05. The molecular formula is C19H28N2O2. The fraction of sp³-hybridized carbons (Fsp3) is 0.579. The van der Waals surface area contributed by atoms with Crippen LogP contribution in [0.5, 0.6) is 0 Å². The zero-order chi connectivity index (χ0) is 17.0. The van der Waals surface area contributed by atoms with Gasteiger partial charge in [-0.3, -0.25) is 14.5 Å². The topological polar surface area (TPSA) is 63.4 Å². The quantitative estimate of drug-likeness (QED) is 0.821. The lowest BCUT2D eigenvalue weighted by Crippen LogP contribution is -2.47. The number of nitrogens with zero attached hydrogens (tertiary/aromatic N) is 1. The molecule has 1 atom stereocenters. The Morgan fingerprint density at radius 2 is 1.70 bits per heavy atom. The molecule has 1 aliphatic heterocycles. The Labute approximate surface area is 139 Å². The maximum atomic E-state index is 12.6. The standard InChI is InChI=1S/C19H28N2O2/c1-13(2)12-15-4-6-16(7-5-15)18(22)17-8-10-21(11-9-17)14(3)19(20)23/h4-7,13-14,17H,8-12H2,1-3H3,(H2,20,23). The third-order valence-electron chi connectivity index (χ3n) is 4.74. The predicted molar refractivity (Wildman–Crippen MR) is 92.3 cm³/mol. The molecule has 1 aromatic carbocycles. The molecule has 23 heavy (non-hydrogen) atoms. The molecule has 4 heteroatoms. The number of Topliss-reactive ketones (excluding diaryl/α,β-unsaturated/α-hetero) is 1. The second-order valence-electron chi connectivity index (χ2n) is 7.05. The van der Waals surface area contributed by atoms with Gasteiger partial charge in [0.2, 0.25) is 5.91 Å². The van der Waals surface area contributed by atoms with Crippen molar-refractivity contribution in [2.45, 2.75) is 46.1 Å². The zero-order valence-corrected chi connectivity index (χ0v) is 14.4. The Morgan fingerprint density at radius 1 is 1.13 bits per heavy atom. The summed E-state index contributed by atoms with van der Waals surface area (Å²) in [5, 5.41) is 0. The minimum atomic E-state index is -0.296. The highest BCUT2D eigenvalue weighted by atomic mass is 16.1. The summed E-state index contributed by atoms with van der Waals surface area (Å²) in [7, 11) is 0. The van der Waals surface area contributed by atoms with E-state index in [0.717, 1.165) is 37.9 Å². The summed E-state index contributed by atoms with van der Waals surface area (Å²) in [6, 6.07) is 7.80. The number of hydrogen-bond donors (Lipinski definition) is 1. The van der Waals surface area contributed by atoms with Gasteiger partial charge in [0.1, 0.15) is 0 Å². The lowest BCUT2D eigenvalue weighted by molar-refractivity contribution is -0.123. The third-order valence-corrected chi connectivity index (χ3v) is 4.74. The first-order valence-corrected chi connectivity index (χ1v) is 8.55. The minimum Gasteiger partial charge on any atom is -0.368 e. The molecule has 2 N–H and O–H groups in total. The fourth-order valence-electron chi connectivity index (χ4n) is 3.24. The van der Waals surface area contributed by atoms with Crippen molar-refractivity contribution in [1.82, 2.24) is 4.90 Å². The second kappa shape index (κ2) is 7.73. The van der Waals surface area contributed by atoms with E-state index in [1.165, 1.54) is 5.56 Å². The van der Waals surface area contributed by atoms with E-state index >= 15 is 0 Å². The number of likely N-dealkylation sites (tertiary alicyclic amines) is 1. The van der Waals surface area contributed by atoms with Crippen molar-refractivity contribution in [3.8, 4) is 0 Å². The van der Waals surface area contributed by atoms with Crippen LogP contribution in [0.2, 0.25) is 0 Å². The van der Waals surface area contributed by atoms with Gasteiger partial charge in [-0.05, 0) is 50.8 Å². The highest BCUT2D eigenvalue weighted by Crippen LogP contribution is 2.23. The average Bonchev–Trinajstić information content (AvgIpc) is 2.53. The molecule has 0 spiro atoms. The number of benzene rings is 1.